The summed E-state index contributed by atoms with van der Waals surface area (Å²) in [5.74, 6) is 14.9. The molecule has 10 aromatic rings. The molecule has 16 rings (SSSR count). The van der Waals surface area contributed by atoms with E-state index in [0.29, 0.717) is 123 Å². The van der Waals surface area contributed by atoms with E-state index in [1.54, 1.807) is 44.2 Å². The lowest BCUT2D eigenvalue weighted by molar-refractivity contribution is 0.237. The number of anilines is 10. The van der Waals surface area contributed by atoms with Crippen molar-refractivity contribution in [1.29, 1.82) is 0 Å². The van der Waals surface area contributed by atoms with E-state index in [-0.39, 0.29) is 48.3 Å². The van der Waals surface area contributed by atoms with Crippen LogP contribution in [0.5, 0.6) is 63.4 Å². The number of nitrogens with zero attached hydrogens (tertiary/aromatic N) is 17. The molecule has 0 bridgehead atoms. The molecule has 1 unspecified atom stereocenters. The largest absolute Gasteiger partial charge is 0.481 e. The summed E-state index contributed by atoms with van der Waals surface area (Å²) in [6.07, 6.45) is 35.4. The molecule has 0 amide bonds. The number of rotatable bonds is 39. The molecule has 6 fully saturated rings. The number of hydrogen-bond donors (Lipinski definition) is 12. The first kappa shape index (κ1) is 97.8. The van der Waals surface area contributed by atoms with Crippen molar-refractivity contribution in [3.05, 3.63) is 143 Å². The number of piperidine rings is 1. The number of pyridine rings is 5. The van der Waals surface area contributed by atoms with Gasteiger partial charge in [-0.25, -0.2) is 29.9 Å². The van der Waals surface area contributed by atoms with Crippen molar-refractivity contribution in [2.45, 2.75) is 239 Å². The van der Waals surface area contributed by atoms with Crippen LogP contribution in [0.25, 0.3) is 0 Å². The minimum absolute atomic E-state index is 0.0276. The number of aliphatic hydroxyl groups is 1. The van der Waals surface area contributed by atoms with Crippen molar-refractivity contribution in [3.63, 3.8) is 0 Å². The molecule has 17 N–H and O–H groups in total. The first-order valence-corrected chi connectivity index (χ1v) is 46.8. The van der Waals surface area contributed by atoms with E-state index in [2.05, 4.69) is 203 Å². The van der Waals surface area contributed by atoms with Crippen LogP contribution >= 0.6 is 0 Å². The fourth-order valence-electron chi connectivity index (χ4n) is 14.8. The lowest BCUT2D eigenvalue weighted by Gasteiger charge is -2.26. The van der Waals surface area contributed by atoms with E-state index < -0.39 is 0 Å². The zero-order chi connectivity index (χ0) is 93.0. The molecule has 10 aromatic heterocycles. The molecule has 35 nitrogen and oxygen atoms in total. The predicted octanol–water partition coefficient (Wildman–Crippen LogP) is 17.4. The fraction of sp³-hybridized carbons (Fsp3) is 0.531. The highest BCUT2D eigenvalue weighted by molar-refractivity contribution is 5.59. The molecule has 1 atom stereocenters. The molecule has 35 heteroatoms. The second kappa shape index (κ2) is 48.1. The van der Waals surface area contributed by atoms with Crippen LogP contribution in [0.1, 0.15) is 283 Å². The standard InChI is InChI=1S/C22H32N6O.C21H30N6O.C18H26N6O.C18H25N5O.C17H25N5O3/c1-15(2)17-13-25-18(16-6-7-16)12-19(17)29-20-14-26-22(23)27-21(20)24-8-11-28-9-4-3-5-10-28;1-14(2)16-12-24-17(15-5-6-15)11-18(16)28-19-13-25-21(22)26-20(19)23-7-10-27-8-3-4-9-27;1-11(2)13-9-22-14(12-4-5-12)8-15(13)25-16-10-23-18(19)24-17(16)21-7-6-20-3;1-4-7-20-17-16(10-22-18(19)23-17)24-15-8-14(12-5-6-12)21-9-13(15)11(2)3;1-5-11(9-23)21-16-14(8-20-17(18)22-16)25-13-6-15(24-4)19-7-12(13)10(2)3/h12-16H,3-11H2,1-2H3,(H3,23,24,26,27);11-15H,3-10H2,1-2H3,(H3,22,23,25,26);8-12,20H,4-7H2,1-3H3,(H3,19,21,23,24);8-12H,4-7H2,1-3H3,(H3,19,20,22,23);6-8,10-11,23H,5,9H2,1-4H3,(H3,18,20,21,22). The Bertz CT molecular complexity index is 5290. The van der Waals surface area contributed by atoms with E-state index in [9.17, 15) is 5.11 Å². The molecule has 131 heavy (non-hydrogen) atoms. The van der Waals surface area contributed by atoms with Gasteiger partial charge in [0.15, 0.2) is 57.8 Å². The monoisotopic (exact) mass is 1800 g/mol. The average molecular weight is 1800 g/mol. The highest BCUT2D eigenvalue weighted by Crippen LogP contribution is 2.48. The quantitative estimate of drug-likeness (QED) is 0.0159. The number of hydrogen-bond acceptors (Lipinski definition) is 35. The predicted molar refractivity (Wildman–Crippen MR) is 518 cm³/mol. The van der Waals surface area contributed by atoms with Gasteiger partial charge in [0.2, 0.25) is 35.6 Å². The van der Waals surface area contributed by atoms with Gasteiger partial charge >= 0.3 is 0 Å². The SMILES string of the molecule is CC(C)c1cnc(C2CC2)cc1Oc1cnc(N)nc1NCCN1CCCC1.CC(C)c1cnc(C2CC2)cc1Oc1cnc(N)nc1NCCN1CCCCC1.CCC(CO)Nc1nc(N)ncc1Oc1cc(OC)ncc1C(C)C.CCCNc1nc(N)ncc1Oc1cc(C2CC2)ncc1C(C)C.CNCCNc1nc(N)ncc1Oc1cc(C2CC2)ncc1C(C)C. The zero-order valence-corrected chi connectivity index (χ0v) is 78.9. The van der Waals surface area contributed by atoms with Crippen LogP contribution in [0.15, 0.2) is 92.3 Å². The molecule has 0 spiro atoms. The molecule has 0 radical (unpaired) electrons. The molecule has 0 aromatic carbocycles. The molecule has 6 aliphatic rings. The minimum Gasteiger partial charge on any atom is -0.481 e. The molecular formula is C96H138N28O7. The van der Waals surface area contributed by atoms with Gasteiger partial charge in [0.05, 0.1) is 50.7 Å². The molecular weight excluding hydrogens is 1660 g/mol. The van der Waals surface area contributed by atoms with Crippen molar-refractivity contribution in [3.8, 4) is 63.4 Å². The number of ether oxygens (including phenoxy) is 6. The van der Waals surface area contributed by atoms with Gasteiger partial charge in [-0.2, -0.15) is 24.9 Å². The van der Waals surface area contributed by atoms with Crippen LogP contribution < -0.4 is 89.0 Å². The smallest absolute Gasteiger partial charge is 0.222 e. The van der Waals surface area contributed by atoms with Gasteiger partial charge < -0.3 is 104 Å². The molecule has 2 aliphatic heterocycles. The van der Waals surface area contributed by atoms with Crippen LogP contribution in [-0.4, -0.2) is 188 Å². The van der Waals surface area contributed by atoms with E-state index in [0.717, 1.165) is 126 Å². The van der Waals surface area contributed by atoms with Crippen LogP contribution in [-0.2, 0) is 0 Å². The van der Waals surface area contributed by atoms with Crippen molar-refractivity contribution in [2.24, 2.45) is 0 Å². The zero-order valence-electron chi connectivity index (χ0n) is 78.9. The summed E-state index contributed by atoms with van der Waals surface area (Å²) < 4.78 is 36.2. The topological polar surface area (TPSA) is 478 Å². The maximum Gasteiger partial charge on any atom is 0.222 e. The van der Waals surface area contributed by atoms with Crippen LogP contribution in [0.2, 0.25) is 0 Å². The Kier molecular flexibility index (Phi) is 35.9. The van der Waals surface area contributed by atoms with E-state index in [4.69, 9.17) is 57.1 Å². The molecule has 4 aliphatic carbocycles. The summed E-state index contributed by atoms with van der Waals surface area (Å²) in [4.78, 5) is 69.6. The number of nitrogen functional groups attached to an aromatic ring is 5. The number of aliphatic hydroxyl groups excluding tert-OH is 1. The normalized spacial score (nSPS) is 15.1. The van der Waals surface area contributed by atoms with Crippen molar-refractivity contribution in [1.82, 2.24) is 89.9 Å². The second-order valence-electron chi connectivity index (χ2n) is 35.6. The van der Waals surface area contributed by atoms with Gasteiger partial charge in [0.25, 0.3) is 0 Å². The van der Waals surface area contributed by atoms with E-state index in [1.807, 2.05) is 52.6 Å². The summed E-state index contributed by atoms with van der Waals surface area (Å²) >= 11 is 0. The summed E-state index contributed by atoms with van der Waals surface area (Å²) in [6, 6.07) is 9.85. The van der Waals surface area contributed by atoms with Crippen LogP contribution in [0.3, 0.4) is 0 Å². The van der Waals surface area contributed by atoms with Gasteiger partial charge in [0.1, 0.15) is 28.7 Å². The number of nitrogens with two attached hydrogens (primary N) is 5. The summed E-state index contributed by atoms with van der Waals surface area (Å²) in [5.41, 5.74) is 38.5. The summed E-state index contributed by atoms with van der Waals surface area (Å²) in [7, 11) is 3.45. The molecule has 4 saturated carbocycles. The number of nitrogens with one attached hydrogen (secondary N) is 6. The average Bonchev–Trinajstić information content (AvgIpc) is 1.72. The van der Waals surface area contributed by atoms with Gasteiger partial charge in [-0.05, 0) is 153 Å². The van der Waals surface area contributed by atoms with Crippen LogP contribution in [0.4, 0.5) is 58.8 Å². The third-order valence-electron chi connectivity index (χ3n) is 23.2. The first-order chi connectivity index (χ1) is 63.3. The van der Waals surface area contributed by atoms with Gasteiger partial charge in [-0.3, -0.25) is 19.9 Å². The van der Waals surface area contributed by atoms with E-state index >= 15 is 0 Å². The Morgan fingerprint density at radius 2 is 0.634 bits per heavy atom. The molecule has 2 saturated heterocycles. The Labute approximate surface area is 771 Å². The lowest BCUT2D eigenvalue weighted by atomic mass is 10.0. The molecule has 12 heterocycles. The Hall–Kier alpha value is -12.2. The van der Waals surface area contributed by atoms with Crippen LogP contribution in [0, 0.1) is 0 Å². The van der Waals surface area contributed by atoms with Gasteiger partial charge in [0, 0.05) is 181 Å². The Balaban J connectivity index is 0.000000148. The maximum absolute atomic E-state index is 9.42. The highest BCUT2D eigenvalue weighted by atomic mass is 16.5. The summed E-state index contributed by atoms with van der Waals surface area (Å²) in [5, 5.41) is 28.9. The number of likely N-dealkylation sites (N-methyl/N-ethyl adjacent to an activating group) is 1. The lowest BCUT2D eigenvalue weighted by Crippen LogP contribution is -2.33. The number of aromatic nitrogens is 15. The first-order valence-electron chi connectivity index (χ1n) is 46.8. The second-order valence-corrected chi connectivity index (χ2v) is 35.6. The fourth-order valence-corrected chi connectivity index (χ4v) is 14.8. The van der Waals surface area contributed by atoms with E-state index in [1.165, 1.54) is 116 Å². The third kappa shape index (κ3) is 29.4. The number of likely N-dealkylation sites (tertiary alicyclic amines) is 2. The van der Waals surface area contributed by atoms with Gasteiger partial charge in [-0.1, -0.05) is 89.5 Å². The van der Waals surface area contributed by atoms with Crippen molar-refractivity contribution >= 4 is 58.8 Å². The Morgan fingerprint density at radius 1 is 0.351 bits per heavy atom. The van der Waals surface area contributed by atoms with Gasteiger partial charge in [-0.15, -0.1) is 0 Å². The molecule has 704 valence electrons. The Morgan fingerprint density at radius 3 is 0.916 bits per heavy atom. The maximum atomic E-state index is 9.42. The highest BCUT2D eigenvalue weighted by Gasteiger charge is 2.32. The minimum atomic E-state index is -0.159. The summed E-state index contributed by atoms with van der Waals surface area (Å²) in [6.45, 7) is 35.9. The number of methoxy groups -OCH3 is 1. The van der Waals surface area contributed by atoms with Crippen molar-refractivity contribution in [2.75, 3.05) is 148 Å². The van der Waals surface area contributed by atoms with Crippen molar-refractivity contribution < 1.29 is 33.5 Å². The third-order valence-corrected chi connectivity index (χ3v) is 23.2.